The summed E-state index contributed by atoms with van der Waals surface area (Å²) in [5, 5.41) is 3.00. The van der Waals surface area contributed by atoms with Crippen molar-refractivity contribution in [2.75, 3.05) is 6.73 Å². The summed E-state index contributed by atoms with van der Waals surface area (Å²) in [7, 11) is 0. The molecule has 0 aliphatic rings. The molecule has 0 heterocycles. The van der Waals surface area contributed by atoms with E-state index in [0.717, 1.165) is 0 Å². The second-order valence-corrected chi connectivity index (χ2v) is 1.99. The molecule has 0 aromatic heterocycles. The van der Waals surface area contributed by atoms with Crippen molar-refractivity contribution in [1.29, 1.82) is 0 Å². The highest BCUT2D eigenvalue weighted by atomic mass is 35.5. The van der Waals surface area contributed by atoms with Crippen molar-refractivity contribution in [2.45, 2.75) is 0 Å². The molecular weight excluding hydrogens is 161 g/mol. The van der Waals surface area contributed by atoms with Crippen molar-refractivity contribution in [3.63, 3.8) is 0 Å². The van der Waals surface area contributed by atoms with Crippen molar-refractivity contribution in [3.8, 4) is 0 Å². The Morgan fingerprint density at radius 2 is 2.11 bits per heavy atom. The van der Waals surface area contributed by atoms with Crippen molar-refractivity contribution >= 4 is 23.5 Å². The summed E-state index contributed by atoms with van der Waals surface area (Å²) < 4.78 is 4.16. The lowest BCUT2D eigenvalue weighted by Crippen LogP contribution is -2.13. The average Bonchev–Trinajstić information content (AvgIpc) is 1.82. The molecule has 0 bridgehead atoms. The second kappa shape index (κ2) is 4.68. The minimum absolute atomic E-state index is 0.173. The molecule has 0 atom stereocenters. The van der Waals surface area contributed by atoms with Gasteiger partial charge in [-0.3, -0.25) is 4.29 Å². The molecule has 52 valence electrons. The van der Waals surface area contributed by atoms with E-state index in [9.17, 15) is 0 Å². The van der Waals surface area contributed by atoms with Crippen LogP contribution >= 0.6 is 23.5 Å². The molecule has 0 amide bonds. The van der Waals surface area contributed by atoms with Gasteiger partial charge in [0.25, 0.3) is 0 Å². The van der Waals surface area contributed by atoms with E-state index in [4.69, 9.17) is 23.5 Å². The SMILES string of the molecule is C=C(Cl)C(=C)NCOCl. The van der Waals surface area contributed by atoms with Crippen LogP contribution in [0, 0.1) is 0 Å². The lowest BCUT2D eigenvalue weighted by atomic mass is 10.5. The number of hydrogen-bond acceptors (Lipinski definition) is 2. The third-order valence-corrected chi connectivity index (χ3v) is 1.00. The topological polar surface area (TPSA) is 21.3 Å². The largest absolute Gasteiger partial charge is 0.361 e. The predicted octanol–water partition coefficient (Wildman–Crippen LogP) is 1.97. The zero-order valence-corrected chi connectivity index (χ0v) is 6.30. The maximum absolute atomic E-state index is 5.41. The lowest BCUT2D eigenvalue weighted by molar-refractivity contribution is 0.331. The molecule has 0 saturated heterocycles. The van der Waals surface area contributed by atoms with Crippen LogP contribution in [0.5, 0.6) is 0 Å². The third-order valence-electron chi connectivity index (χ3n) is 0.668. The van der Waals surface area contributed by atoms with Gasteiger partial charge in [-0.15, -0.1) is 0 Å². The van der Waals surface area contributed by atoms with Gasteiger partial charge in [-0.2, -0.15) is 0 Å². The van der Waals surface area contributed by atoms with Crippen LogP contribution in [-0.4, -0.2) is 6.73 Å². The molecule has 0 aromatic rings. The Kier molecular flexibility index (Phi) is 4.58. The Bertz CT molecular complexity index is 124. The molecule has 9 heavy (non-hydrogen) atoms. The zero-order valence-electron chi connectivity index (χ0n) is 4.79. The summed E-state index contributed by atoms with van der Waals surface area (Å²) in [6, 6.07) is 0. The lowest BCUT2D eigenvalue weighted by Gasteiger charge is -2.03. The molecule has 2 nitrogen and oxygen atoms in total. The molecule has 1 N–H and O–H groups in total. The molecule has 0 rings (SSSR count). The summed E-state index contributed by atoms with van der Waals surface area (Å²) in [6.45, 7) is 7.10. The normalized spacial score (nSPS) is 8.67. The van der Waals surface area contributed by atoms with Gasteiger partial charge in [0.15, 0.2) is 0 Å². The number of halogens is 2. The monoisotopic (exact) mass is 167 g/mol. The van der Waals surface area contributed by atoms with Crippen molar-refractivity contribution in [2.24, 2.45) is 0 Å². The zero-order chi connectivity index (χ0) is 7.28. The van der Waals surface area contributed by atoms with Crippen LogP contribution in [-0.2, 0) is 4.29 Å². The van der Waals surface area contributed by atoms with E-state index >= 15 is 0 Å². The van der Waals surface area contributed by atoms with E-state index in [1.165, 1.54) is 0 Å². The van der Waals surface area contributed by atoms with Crippen LogP contribution in [0.4, 0.5) is 0 Å². The first kappa shape index (κ1) is 8.82. The molecule has 0 unspecified atom stereocenters. The van der Waals surface area contributed by atoms with E-state index in [-0.39, 0.29) is 6.73 Å². The van der Waals surface area contributed by atoms with Gasteiger partial charge in [-0.25, -0.2) is 0 Å². The fourth-order valence-electron chi connectivity index (χ4n) is 0.210. The Balaban J connectivity index is 3.39. The minimum atomic E-state index is 0.173. The number of allylic oxidation sites excluding steroid dienone is 1. The van der Waals surface area contributed by atoms with Gasteiger partial charge in [-0.05, 0) is 0 Å². The number of hydrogen-bond donors (Lipinski definition) is 1. The van der Waals surface area contributed by atoms with Gasteiger partial charge in [0.05, 0.1) is 16.9 Å². The van der Waals surface area contributed by atoms with Gasteiger partial charge in [0, 0.05) is 5.70 Å². The molecule has 0 saturated carbocycles. The maximum atomic E-state index is 5.41. The van der Waals surface area contributed by atoms with E-state index in [2.05, 4.69) is 22.8 Å². The molecule has 0 spiro atoms. The average molecular weight is 168 g/mol. The summed E-state index contributed by atoms with van der Waals surface area (Å²) in [4.78, 5) is 0. The van der Waals surface area contributed by atoms with Gasteiger partial charge >= 0.3 is 0 Å². The first-order chi connectivity index (χ1) is 4.18. The third kappa shape index (κ3) is 4.33. The molecule has 0 fully saturated rings. The standard InChI is InChI=1S/C5H7Cl2NO/c1-4(6)5(2)8-3-9-7/h8H,1-3H2. The molecule has 0 aromatic carbocycles. The first-order valence-corrected chi connectivity index (χ1v) is 2.88. The van der Waals surface area contributed by atoms with Crippen LogP contribution in [0.15, 0.2) is 23.9 Å². The summed E-state index contributed by atoms with van der Waals surface area (Å²) in [6.07, 6.45) is 0. The highest BCUT2D eigenvalue weighted by molar-refractivity contribution is 6.31. The second-order valence-electron chi connectivity index (χ2n) is 1.31. The van der Waals surface area contributed by atoms with Gasteiger partial charge < -0.3 is 5.32 Å². The number of rotatable bonds is 4. The van der Waals surface area contributed by atoms with Crippen LogP contribution in [0.3, 0.4) is 0 Å². The summed E-state index contributed by atoms with van der Waals surface area (Å²) in [5.74, 6) is 0. The van der Waals surface area contributed by atoms with E-state index in [1.54, 1.807) is 0 Å². The maximum Gasteiger partial charge on any atom is 0.137 e. The molecule has 0 aliphatic heterocycles. The minimum Gasteiger partial charge on any atom is -0.361 e. The van der Waals surface area contributed by atoms with Crippen molar-refractivity contribution < 1.29 is 4.29 Å². The van der Waals surface area contributed by atoms with E-state index < -0.39 is 0 Å². The van der Waals surface area contributed by atoms with Crippen LogP contribution < -0.4 is 5.32 Å². The first-order valence-electron chi connectivity index (χ1n) is 2.19. The quantitative estimate of drug-likeness (QED) is 0.511. The number of nitrogens with one attached hydrogen (secondary N) is 1. The molecule has 0 aliphatic carbocycles. The molecule has 0 radical (unpaired) electrons. The van der Waals surface area contributed by atoms with Crippen molar-refractivity contribution in [1.82, 2.24) is 5.32 Å². The van der Waals surface area contributed by atoms with E-state index in [0.29, 0.717) is 10.7 Å². The van der Waals surface area contributed by atoms with Crippen molar-refractivity contribution in [3.05, 3.63) is 23.9 Å². The van der Waals surface area contributed by atoms with Gasteiger partial charge in [0.2, 0.25) is 0 Å². The summed E-state index contributed by atoms with van der Waals surface area (Å²) >= 11 is 10.3. The van der Waals surface area contributed by atoms with Gasteiger partial charge in [0.1, 0.15) is 6.73 Å². The van der Waals surface area contributed by atoms with Crippen LogP contribution in [0.1, 0.15) is 0 Å². The molecular formula is C5H7Cl2NO. The fourth-order valence-corrected chi connectivity index (χ4v) is 0.332. The Hall–Kier alpha value is -0.180. The van der Waals surface area contributed by atoms with Crippen LogP contribution in [0.25, 0.3) is 0 Å². The van der Waals surface area contributed by atoms with Gasteiger partial charge in [-0.1, -0.05) is 24.8 Å². The Morgan fingerprint density at radius 1 is 1.56 bits per heavy atom. The van der Waals surface area contributed by atoms with E-state index in [1.807, 2.05) is 0 Å². The summed E-state index contributed by atoms with van der Waals surface area (Å²) in [5.41, 5.74) is 0.511. The Labute approximate surface area is 64.3 Å². The predicted molar refractivity (Wildman–Crippen MR) is 39.1 cm³/mol. The highest BCUT2D eigenvalue weighted by Gasteiger charge is 1.92. The molecule has 4 heteroatoms. The fraction of sp³-hybridized carbons (Fsp3) is 0.200. The smallest absolute Gasteiger partial charge is 0.137 e. The Morgan fingerprint density at radius 3 is 2.44 bits per heavy atom. The van der Waals surface area contributed by atoms with Crippen LogP contribution in [0.2, 0.25) is 0 Å². The highest BCUT2D eigenvalue weighted by Crippen LogP contribution is 2.04.